The van der Waals surface area contributed by atoms with Crippen LogP contribution in [0.4, 0.5) is 0 Å². The molecule has 8 heteroatoms. The van der Waals surface area contributed by atoms with Crippen LogP contribution in [0.2, 0.25) is 0 Å². The van der Waals surface area contributed by atoms with Gasteiger partial charge >= 0.3 is 17.6 Å². The number of aromatic carboxylic acids is 2. The summed E-state index contributed by atoms with van der Waals surface area (Å²) in [6.07, 6.45) is 0.313. The Labute approximate surface area is 123 Å². The number of aromatic nitrogens is 2. The van der Waals surface area contributed by atoms with Crippen LogP contribution in [-0.4, -0.2) is 32.1 Å². The minimum atomic E-state index is -1.41. The maximum atomic E-state index is 11.7. The number of carboxylic acids is 2. The standard InChI is InChI=1S/C14H12N2O6/c17-11-9(10(13(20)21)15-14(22)16-11)5-4-7-2-1-3-8(6-7)12(18)19/h1-3,6H,4-5H2,(H,18,19)(H,20,21)(H2,15,16,17,22). The van der Waals surface area contributed by atoms with Crippen LogP contribution in [0.15, 0.2) is 33.9 Å². The van der Waals surface area contributed by atoms with Crippen molar-refractivity contribution in [2.45, 2.75) is 12.8 Å². The third-order valence-electron chi connectivity index (χ3n) is 3.09. The number of H-pyrrole nitrogens is 2. The SMILES string of the molecule is O=C(O)c1cccc(CCc2c(C(=O)O)[nH]c(=O)[nH]c2=O)c1. The zero-order valence-corrected chi connectivity index (χ0v) is 11.3. The Bertz CT molecular complexity index is 849. The van der Waals surface area contributed by atoms with Crippen molar-refractivity contribution in [3.63, 3.8) is 0 Å². The first-order chi connectivity index (χ1) is 10.4. The number of carbonyl (C=O) groups is 2. The third-order valence-corrected chi connectivity index (χ3v) is 3.09. The minimum absolute atomic E-state index is 0.0524. The molecule has 0 radical (unpaired) electrons. The Kier molecular flexibility index (Phi) is 4.21. The van der Waals surface area contributed by atoms with Gasteiger partial charge in [-0.1, -0.05) is 12.1 Å². The number of carboxylic acid groups (broad SMARTS) is 2. The first-order valence-electron chi connectivity index (χ1n) is 6.29. The normalized spacial score (nSPS) is 10.4. The highest BCUT2D eigenvalue weighted by Crippen LogP contribution is 2.09. The number of hydrogen-bond donors (Lipinski definition) is 4. The van der Waals surface area contributed by atoms with Gasteiger partial charge in [0.25, 0.3) is 5.56 Å². The highest BCUT2D eigenvalue weighted by Gasteiger charge is 2.15. The van der Waals surface area contributed by atoms with Crippen molar-refractivity contribution in [1.82, 2.24) is 9.97 Å². The van der Waals surface area contributed by atoms with E-state index >= 15 is 0 Å². The molecule has 0 bridgehead atoms. The van der Waals surface area contributed by atoms with Gasteiger partial charge in [-0.15, -0.1) is 0 Å². The average Bonchev–Trinajstić information content (AvgIpc) is 2.45. The van der Waals surface area contributed by atoms with E-state index in [1.165, 1.54) is 12.1 Å². The summed E-state index contributed by atoms with van der Waals surface area (Å²) < 4.78 is 0. The van der Waals surface area contributed by atoms with Crippen LogP contribution >= 0.6 is 0 Å². The van der Waals surface area contributed by atoms with E-state index in [2.05, 4.69) is 4.98 Å². The van der Waals surface area contributed by atoms with Gasteiger partial charge in [0.2, 0.25) is 0 Å². The number of benzene rings is 1. The Morgan fingerprint density at radius 2 is 1.73 bits per heavy atom. The number of nitrogens with one attached hydrogen (secondary N) is 2. The highest BCUT2D eigenvalue weighted by molar-refractivity contribution is 5.88. The lowest BCUT2D eigenvalue weighted by Crippen LogP contribution is -2.30. The van der Waals surface area contributed by atoms with Crippen LogP contribution in [0.25, 0.3) is 0 Å². The van der Waals surface area contributed by atoms with Crippen molar-refractivity contribution in [2.75, 3.05) is 0 Å². The summed E-state index contributed by atoms with van der Waals surface area (Å²) in [6, 6.07) is 6.12. The zero-order valence-electron chi connectivity index (χ0n) is 11.3. The molecule has 0 saturated carbocycles. The second-order valence-corrected chi connectivity index (χ2v) is 4.57. The maximum absolute atomic E-state index is 11.7. The maximum Gasteiger partial charge on any atom is 0.352 e. The fourth-order valence-electron chi connectivity index (χ4n) is 2.06. The van der Waals surface area contributed by atoms with Crippen molar-refractivity contribution < 1.29 is 19.8 Å². The van der Waals surface area contributed by atoms with Gasteiger partial charge in [0.15, 0.2) is 0 Å². The van der Waals surface area contributed by atoms with Gasteiger partial charge in [-0.3, -0.25) is 9.78 Å². The monoisotopic (exact) mass is 304 g/mol. The Morgan fingerprint density at radius 1 is 1.00 bits per heavy atom. The molecule has 8 nitrogen and oxygen atoms in total. The second kappa shape index (κ2) is 6.08. The molecule has 22 heavy (non-hydrogen) atoms. The molecule has 0 fully saturated rings. The summed E-state index contributed by atoms with van der Waals surface area (Å²) in [7, 11) is 0. The summed E-state index contributed by atoms with van der Waals surface area (Å²) in [6.45, 7) is 0. The van der Waals surface area contributed by atoms with Gasteiger partial charge in [0, 0.05) is 5.56 Å². The molecule has 114 valence electrons. The average molecular weight is 304 g/mol. The first-order valence-corrected chi connectivity index (χ1v) is 6.29. The van der Waals surface area contributed by atoms with Gasteiger partial charge in [0.05, 0.1) is 5.56 Å². The quantitative estimate of drug-likeness (QED) is 0.624. The van der Waals surface area contributed by atoms with Crippen molar-refractivity contribution in [1.29, 1.82) is 0 Å². The molecular formula is C14H12N2O6. The Morgan fingerprint density at radius 3 is 2.36 bits per heavy atom. The summed E-state index contributed by atoms with van der Waals surface area (Å²) >= 11 is 0. The number of hydrogen-bond acceptors (Lipinski definition) is 4. The summed E-state index contributed by atoms with van der Waals surface area (Å²) in [5, 5.41) is 17.9. The molecule has 1 heterocycles. The zero-order chi connectivity index (χ0) is 16.3. The fourth-order valence-corrected chi connectivity index (χ4v) is 2.06. The van der Waals surface area contributed by atoms with Crippen LogP contribution in [0.3, 0.4) is 0 Å². The molecule has 2 rings (SSSR count). The van der Waals surface area contributed by atoms with Crippen LogP contribution in [0.1, 0.15) is 32.0 Å². The van der Waals surface area contributed by atoms with Crippen LogP contribution in [-0.2, 0) is 12.8 Å². The Balaban J connectivity index is 2.31. The summed E-state index contributed by atoms with van der Waals surface area (Å²) in [5.74, 6) is -2.48. The number of rotatable bonds is 5. The van der Waals surface area contributed by atoms with E-state index in [9.17, 15) is 19.2 Å². The number of aryl methyl sites for hydroxylation is 1. The van der Waals surface area contributed by atoms with Crippen molar-refractivity contribution in [2.24, 2.45) is 0 Å². The first kappa shape index (κ1) is 15.2. The van der Waals surface area contributed by atoms with E-state index in [0.29, 0.717) is 5.56 Å². The molecule has 0 aliphatic heterocycles. The molecule has 0 aliphatic rings. The molecule has 0 unspecified atom stereocenters. The molecule has 0 amide bonds. The molecule has 2 aromatic rings. The third kappa shape index (κ3) is 3.29. The lowest BCUT2D eigenvalue weighted by atomic mass is 10.0. The second-order valence-electron chi connectivity index (χ2n) is 4.57. The van der Waals surface area contributed by atoms with Gasteiger partial charge in [-0.25, -0.2) is 14.4 Å². The van der Waals surface area contributed by atoms with E-state index in [4.69, 9.17) is 10.2 Å². The minimum Gasteiger partial charge on any atom is -0.478 e. The largest absolute Gasteiger partial charge is 0.478 e. The van der Waals surface area contributed by atoms with E-state index < -0.39 is 28.9 Å². The lowest BCUT2D eigenvalue weighted by molar-refractivity contribution is 0.0681. The molecular weight excluding hydrogens is 292 g/mol. The van der Waals surface area contributed by atoms with Crippen LogP contribution < -0.4 is 11.2 Å². The van der Waals surface area contributed by atoms with Crippen LogP contribution in [0.5, 0.6) is 0 Å². The summed E-state index contributed by atoms with van der Waals surface area (Å²) in [5.41, 5.74) is -1.43. The van der Waals surface area contributed by atoms with Gasteiger partial charge in [-0.05, 0) is 30.5 Å². The fraction of sp³-hybridized carbons (Fsp3) is 0.143. The summed E-state index contributed by atoms with van der Waals surface area (Å²) in [4.78, 5) is 48.9. The van der Waals surface area contributed by atoms with Gasteiger partial charge in [-0.2, -0.15) is 0 Å². The van der Waals surface area contributed by atoms with Crippen LogP contribution in [0, 0.1) is 0 Å². The van der Waals surface area contributed by atoms with Crippen molar-refractivity contribution >= 4 is 11.9 Å². The predicted molar refractivity (Wildman–Crippen MR) is 75.5 cm³/mol. The highest BCUT2D eigenvalue weighted by atomic mass is 16.4. The molecule has 0 spiro atoms. The topological polar surface area (TPSA) is 140 Å². The smallest absolute Gasteiger partial charge is 0.352 e. The van der Waals surface area contributed by atoms with Crippen molar-refractivity contribution in [3.8, 4) is 0 Å². The molecule has 4 N–H and O–H groups in total. The van der Waals surface area contributed by atoms with E-state index in [1.54, 1.807) is 12.1 Å². The number of aromatic amines is 2. The van der Waals surface area contributed by atoms with E-state index in [1.807, 2.05) is 4.98 Å². The molecule has 0 aliphatic carbocycles. The van der Waals surface area contributed by atoms with E-state index in [0.717, 1.165) is 0 Å². The molecule has 0 atom stereocenters. The molecule has 0 saturated heterocycles. The van der Waals surface area contributed by atoms with E-state index in [-0.39, 0.29) is 24.0 Å². The van der Waals surface area contributed by atoms with Crippen molar-refractivity contribution in [3.05, 3.63) is 67.5 Å². The molecule has 1 aromatic heterocycles. The lowest BCUT2D eigenvalue weighted by Gasteiger charge is -2.05. The molecule has 1 aromatic carbocycles. The Hall–Kier alpha value is -3.16. The predicted octanol–water partition coefficient (Wildman–Crippen LogP) is 0.245. The van der Waals surface area contributed by atoms with Gasteiger partial charge < -0.3 is 15.2 Å². The van der Waals surface area contributed by atoms with Gasteiger partial charge in [0.1, 0.15) is 5.69 Å².